The summed E-state index contributed by atoms with van der Waals surface area (Å²) in [6.45, 7) is 10.6. The van der Waals surface area contributed by atoms with Crippen LogP contribution in [-0.4, -0.2) is 12.6 Å². The van der Waals surface area contributed by atoms with Gasteiger partial charge in [-0.05, 0) is 63.8 Å². The zero-order valence-corrected chi connectivity index (χ0v) is 11.6. The number of hydrogen-bond acceptors (Lipinski definition) is 2. The van der Waals surface area contributed by atoms with Gasteiger partial charge in [0.25, 0.3) is 0 Å². The summed E-state index contributed by atoms with van der Waals surface area (Å²) < 4.78 is 0. The van der Waals surface area contributed by atoms with Crippen LogP contribution in [0.4, 0.5) is 0 Å². The Morgan fingerprint density at radius 1 is 1.18 bits per heavy atom. The third kappa shape index (κ3) is 4.88. The molecule has 0 aromatic heterocycles. The molecule has 0 heterocycles. The van der Waals surface area contributed by atoms with Gasteiger partial charge in [-0.1, -0.05) is 17.7 Å². The van der Waals surface area contributed by atoms with E-state index in [0.29, 0.717) is 6.04 Å². The van der Waals surface area contributed by atoms with Crippen molar-refractivity contribution in [2.45, 2.75) is 53.1 Å². The molecule has 1 aromatic carbocycles. The van der Waals surface area contributed by atoms with Crippen LogP contribution in [0.5, 0.6) is 0 Å². The van der Waals surface area contributed by atoms with E-state index in [4.69, 9.17) is 5.73 Å². The second-order valence-electron chi connectivity index (χ2n) is 5.17. The largest absolute Gasteiger partial charge is 0.328 e. The predicted octanol–water partition coefficient (Wildman–Crippen LogP) is 2.83. The Hall–Kier alpha value is -0.860. The summed E-state index contributed by atoms with van der Waals surface area (Å²) in [5, 5.41) is 3.50. The molecule has 3 N–H and O–H groups in total. The fourth-order valence-electron chi connectivity index (χ4n) is 2.25. The van der Waals surface area contributed by atoms with E-state index in [0.717, 1.165) is 25.9 Å². The van der Waals surface area contributed by atoms with Crippen LogP contribution < -0.4 is 11.1 Å². The third-order valence-electron chi connectivity index (χ3n) is 3.16. The van der Waals surface area contributed by atoms with Gasteiger partial charge in [-0.15, -0.1) is 0 Å². The van der Waals surface area contributed by atoms with E-state index in [1.807, 2.05) is 0 Å². The zero-order valence-electron chi connectivity index (χ0n) is 11.6. The fraction of sp³-hybridized carbons (Fsp3) is 0.600. The molecule has 2 nitrogen and oxygen atoms in total. The topological polar surface area (TPSA) is 38.0 Å². The molecule has 1 aromatic rings. The van der Waals surface area contributed by atoms with E-state index >= 15 is 0 Å². The maximum Gasteiger partial charge on any atom is 0.0210 e. The first-order valence-electron chi connectivity index (χ1n) is 6.53. The summed E-state index contributed by atoms with van der Waals surface area (Å²) in [6, 6.07) is 4.83. The van der Waals surface area contributed by atoms with Crippen LogP contribution in [0.15, 0.2) is 12.1 Å². The second-order valence-corrected chi connectivity index (χ2v) is 5.17. The van der Waals surface area contributed by atoms with E-state index in [-0.39, 0.29) is 0 Å². The smallest absolute Gasteiger partial charge is 0.0210 e. The van der Waals surface area contributed by atoms with Crippen molar-refractivity contribution in [3.05, 3.63) is 34.4 Å². The summed E-state index contributed by atoms with van der Waals surface area (Å²) in [7, 11) is 0. The lowest BCUT2D eigenvalue weighted by molar-refractivity contribution is 0.573. The van der Waals surface area contributed by atoms with Crippen LogP contribution in [-0.2, 0) is 6.54 Å². The Morgan fingerprint density at radius 3 is 2.29 bits per heavy atom. The number of hydrogen-bond donors (Lipinski definition) is 2. The van der Waals surface area contributed by atoms with Gasteiger partial charge < -0.3 is 11.1 Å². The molecule has 0 saturated heterocycles. The van der Waals surface area contributed by atoms with Crippen molar-refractivity contribution in [1.29, 1.82) is 0 Å². The van der Waals surface area contributed by atoms with E-state index in [2.05, 4.69) is 45.1 Å². The van der Waals surface area contributed by atoms with Gasteiger partial charge in [0.1, 0.15) is 0 Å². The van der Waals surface area contributed by atoms with Crippen LogP contribution in [0.3, 0.4) is 0 Å². The highest BCUT2D eigenvalue weighted by Gasteiger charge is 2.03. The molecular formula is C15H26N2. The van der Waals surface area contributed by atoms with Crippen molar-refractivity contribution in [2.75, 3.05) is 6.54 Å². The molecule has 0 fully saturated rings. The Labute approximate surface area is 106 Å². The van der Waals surface area contributed by atoms with Gasteiger partial charge in [-0.3, -0.25) is 0 Å². The predicted molar refractivity (Wildman–Crippen MR) is 75.2 cm³/mol. The van der Waals surface area contributed by atoms with E-state index < -0.39 is 0 Å². The summed E-state index contributed by atoms with van der Waals surface area (Å²) in [4.78, 5) is 0. The third-order valence-corrected chi connectivity index (χ3v) is 3.16. The highest BCUT2D eigenvalue weighted by Crippen LogP contribution is 2.15. The average molecular weight is 234 g/mol. The van der Waals surface area contributed by atoms with Gasteiger partial charge in [0.15, 0.2) is 0 Å². The Bertz CT molecular complexity index is 333. The highest BCUT2D eigenvalue weighted by atomic mass is 14.8. The van der Waals surface area contributed by atoms with Crippen molar-refractivity contribution >= 4 is 0 Å². The van der Waals surface area contributed by atoms with Gasteiger partial charge in [-0.2, -0.15) is 0 Å². The number of benzene rings is 1. The maximum atomic E-state index is 5.72. The molecule has 1 unspecified atom stereocenters. The summed E-state index contributed by atoms with van der Waals surface area (Å²) in [6.07, 6.45) is 2.25. The first-order valence-corrected chi connectivity index (χ1v) is 6.53. The van der Waals surface area contributed by atoms with Crippen molar-refractivity contribution in [3.63, 3.8) is 0 Å². The van der Waals surface area contributed by atoms with Crippen LogP contribution in [0.1, 0.15) is 42.0 Å². The lowest BCUT2D eigenvalue weighted by atomic mass is 10.00. The Balaban J connectivity index is 2.42. The molecule has 0 spiro atoms. The van der Waals surface area contributed by atoms with Gasteiger partial charge in [0.2, 0.25) is 0 Å². The molecule has 2 heteroatoms. The minimum Gasteiger partial charge on any atom is -0.328 e. The monoisotopic (exact) mass is 234 g/mol. The molecular weight excluding hydrogens is 208 g/mol. The lowest BCUT2D eigenvalue weighted by Gasteiger charge is -2.12. The molecule has 1 atom stereocenters. The first kappa shape index (κ1) is 14.2. The molecule has 0 aliphatic heterocycles. The van der Waals surface area contributed by atoms with Crippen molar-refractivity contribution in [3.8, 4) is 0 Å². The van der Waals surface area contributed by atoms with E-state index in [1.54, 1.807) is 0 Å². The van der Waals surface area contributed by atoms with Crippen LogP contribution >= 0.6 is 0 Å². The van der Waals surface area contributed by atoms with Gasteiger partial charge in [0.05, 0.1) is 0 Å². The summed E-state index contributed by atoms with van der Waals surface area (Å²) in [5.41, 5.74) is 11.3. The average Bonchev–Trinajstić information content (AvgIpc) is 2.20. The molecule has 0 saturated carbocycles. The number of nitrogens with two attached hydrogens (primary N) is 1. The van der Waals surface area contributed by atoms with Gasteiger partial charge in [0, 0.05) is 12.6 Å². The fourth-order valence-corrected chi connectivity index (χ4v) is 2.25. The molecule has 0 radical (unpaired) electrons. The maximum absolute atomic E-state index is 5.72. The molecule has 0 amide bonds. The van der Waals surface area contributed by atoms with Gasteiger partial charge in [-0.25, -0.2) is 0 Å². The van der Waals surface area contributed by atoms with Crippen LogP contribution in [0.2, 0.25) is 0 Å². The zero-order chi connectivity index (χ0) is 12.8. The van der Waals surface area contributed by atoms with Crippen molar-refractivity contribution in [2.24, 2.45) is 5.73 Å². The standard InChI is InChI=1S/C15H26N2/c1-11-8-12(2)15(13(3)9-11)10-17-7-5-6-14(4)16/h8-9,14,17H,5-7,10,16H2,1-4H3. The molecule has 0 aliphatic rings. The number of aryl methyl sites for hydroxylation is 3. The second kappa shape index (κ2) is 6.77. The van der Waals surface area contributed by atoms with E-state index in [9.17, 15) is 0 Å². The molecule has 96 valence electrons. The lowest BCUT2D eigenvalue weighted by Crippen LogP contribution is -2.20. The quantitative estimate of drug-likeness (QED) is 0.743. The highest BCUT2D eigenvalue weighted by molar-refractivity contribution is 5.37. The number of nitrogens with one attached hydrogen (secondary N) is 1. The first-order chi connectivity index (χ1) is 8.00. The van der Waals surface area contributed by atoms with Gasteiger partial charge >= 0.3 is 0 Å². The number of rotatable bonds is 6. The SMILES string of the molecule is Cc1cc(C)c(CNCCCC(C)N)c(C)c1. The normalized spacial score (nSPS) is 12.8. The minimum absolute atomic E-state index is 0.319. The van der Waals surface area contributed by atoms with E-state index in [1.165, 1.54) is 22.3 Å². The summed E-state index contributed by atoms with van der Waals surface area (Å²) >= 11 is 0. The van der Waals surface area contributed by atoms with Crippen LogP contribution in [0.25, 0.3) is 0 Å². The Morgan fingerprint density at radius 2 is 1.76 bits per heavy atom. The van der Waals surface area contributed by atoms with Crippen molar-refractivity contribution in [1.82, 2.24) is 5.32 Å². The minimum atomic E-state index is 0.319. The molecule has 17 heavy (non-hydrogen) atoms. The molecule has 0 aliphatic carbocycles. The molecule has 0 bridgehead atoms. The molecule has 1 rings (SSSR count). The Kier molecular flexibility index (Phi) is 5.66. The van der Waals surface area contributed by atoms with Crippen molar-refractivity contribution < 1.29 is 0 Å². The summed E-state index contributed by atoms with van der Waals surface area (Å²) in [5.74, 6) is 0. The van der Waals surface area contributed by atoms with Crippen LogP contribution in [0, 0.1) is 20.8 Å².